The number of anilines is 1. The maximum Gasteiger partial charge on any atom is 0.404 e. The van der Waals surface area contributed by atoms with E-state index in [2.05, 4.69) is 5.32 Å². The van der Waals surface area contributed by atoms with Gasteiger partial charge in [0.15, 0.2) is 5.76 Å². The van der Waals surface area contributed by atoms with Gasteiger partial charge in [-0.3, -0.25) is 9.59 Å². The number of hydrogen-bond acceptors (Lipinski definition) is 6. The van der Waals surface area contributed by atoms with Crippen molar-refractivity contribution < 1.29 is 23.5 Å². The second kappa shape index (κ2) is 8.99. The van der Waals surface area contributed by atoms with Gasteiger partial charge in [0.05, 0.1) is 0 Å². The zero-order valence-electron chi connectivity index (χ0n) is 16.6. The summed E-state index contributed by atoms with van der Waals surface area (Å²) < 4.78 is 10.8. The summed E-state index contributed by atoms with van der Waals surface area (Å²) in [5.41, 5.74) is 6.34. The molecule has 160 valence electrons. The van der Waals surface area contributed by atoms with Crippen molar-refractivity contribution in [3.05, 3.63) is 30.0 Å². The van der Waals surface area contributed by atoms with Gasteiger partial charge in [0.25, 0.3) is 5.91 Å². The number of nitrogens with one attached hydrogen (secondary N) is 1. The monoisotopic (exact) mass is 431 g/mol. The molecule has 4 rings (SSSR count). The van der Waals surface area contributed by atoms with Crippen LogP contribution in [0.3, 0.4) is 0 Å². The minimum Gasteiger partial charge on any atom is -0.451 e. The number of nitrogens with zero attached hydrogens (tertiary/aromatic N) is 1. The molecule has 1 aliphatic carbocycles. The summed E-state index contributed by atoms with van der Waals surface area (Å²) in [6, 6.07) is 7.10. The number of carbonyl (C=O) groups is 3. The number of amides is 3. The Kier molecular flexibility index (Phi) is 6.17. The lowest BCUT2D eigenvalue weighted by Crippen LogP contribution is -2.37. The Labute approximate surface area is 178 Å². The van der Waals surface area contributed by atoms with Gasteiger partial charge in [0.1, 0.15) is 11.7 Å². The number of fused-ring (bicyclic) bond motifs is 1. The van der Waals surface area contributed by atoms with Crippen LogP contribution in [-0.4, -0.2) is 53.5 Å². The van der Waals surface area contributed by atoms with Crippen LogP contribution in [0, 0.1) is 5.92 Å². The van der Waals surface area contributed by atoms with Gasteiger partial charge in [-0.05, 0) is 49.9 Å². The van der Waals surface area contributed by atoms with Crippen LogP contribution in [0.15, 0.2) is 28.7 Å². The van der Waals surface area contributed by atoms with Gasteiger partial charge in [0.2, 0.25) is 5.91 Å². The first-order valence-corrected chi connectivity index (χ1v) is 11.3. The molecule has 1 saturated carbocycles. The smallest absolute Gasteiger partial charge is 0.404 e. The molecule has 0 atom stereocenters. The molecule has 1 aromatic carbocycles. The molecule has 1 aromatic heterocycles. The number of hydrogen-bond donors (Lipinski definition) is 2. The molecule has 30 heavy (non-hydrogen) atoms. The van der Waals surface area contributed by atoms with Crippen molar-refractivity contribution in [2.24, 2.45) is 11.7 Å². The molecule has 8 nitrogen and oxygen atoms in total. The summed E-state index contributed by atoms with van der Waals surface area (Å²) in [4.78, 5) is 37.9. The third kappa shape index (κ3) is 4.72. The van der Waals surface area contributed by atoms with Crippen LogP contribution in [0.5, 0.6) is 0 Å². The summed E-state index contributed by atoms with van der Waals surface area (Å²) in [5.74, 6) is 1.93. The molecule has 9 heteroatoms. The summed E-state index contributed by atoms with van der Waals surface area (Å²) in [6.45, 7) is 1.46. The molecule has 3 N–H and O–H groups in total. The molecule has 1 aliphatic heterocycles. The van der Waals surface area contributed by atoms with Crippen LogP contribution in [-0.2, 0) is 9.53 Å². The number of carbonyl (C=O) groups excluding carboxylic acids is 3. The average molecular weight is 432 g/mol. The molecule has 2 fully saturated rings. The van der Waals surface area contributed by atoms with Crippen LogP contribution < -0.4 is 11.1 Å². The lowest BCUT2D eigenvalue weighted by molar-refractivity contribution is -0.121. The number of ether oxygens (including phenoxy) is 1. The third-order valence-corrected chi connectivity index (χ3v) is 6.56. The molecule has 3 amide bonds. The maximum absolute atomic E-state index is 12.6. The van der Waals surface area contributed by atoms with Gasteiger partial charge in [0, 0.05) is 41.6 Å². The molecule has 0 unspecified atom stereocenters. The molecule has 2 heterocycles. The van der Waals surface area contributed by atoms with Crippen molar-refractivity contribution in [2.45, 2.75) is 31.8 Å². The Morgan fingerprint density at radius 3 is 2.53 bits per heavy atom. The summed E-state index contributed by atoms with van der Waals surface area (Å²) >= 11 is 1.85. The first-order chi connectivity index (χ1) is 14.5. The van der Waals surface area contributed by atoms with Crippen molar-refractivity contribution in [3.63, 3.8) is 0 Å². The largest absolute Gasteiger partial charge is 0.451 e. The molecular formula is C21H25N3O5S. The van der Waals surface area contributed by atoms with Gasteiger partial charge in [-0.25, -0.2) is 4.79 Å². The predicted octanol–water partition coefficient (Wildman–Crippen LogP) is 3.21. The Morgan fingerprint density at radius 2 is 1.83 bits per heavy atom. The topological polar surface area (TPSA) is 115 Å². The van der Waals surface area contributed by atoms with Crippen LogP contribution >= 0.6 is 11.8 Å². The second-order valence-corrected chi connectivity index (χ2v) is 8.89. The number of thioether (sulfide) groups is 1. The van der Waals surface area contributed by atoms with E-state index in [1.165, 1.54) is 0 Å². The van der Waals surface area contributed by atoms with E-state index in [0.29, 0.717) is 42.7 Å². The maximum atomic E-state index is 12.6. The van der Waals surface area contributed by atoms with Crippen LogP contribution in [0.2, 0.25) is 0 Å². The van der Waals surface area contributed by atoms with E-state index in [1.807, 2.05) is 22.7 Å². The van der Waals surface area contributed by atoms with Gasteiger partial charge < -0.3 is 25.1 Å². The highest BCUT2D eigenvalue weighted by Gasteiger charge is 2.28. The van der Waals surface area contributed by atoms with E-state index in [-0.39, 0.29) is 23.8 Å². The first-order valence-electron chi connectivity index (χ1n) is 10.2. The minimum absolute atomic E-state index is 0.0579. The number of furan rings is 1. The molecule has 0 radical (unpaired) electrons. The highest BCUT2D eigenvalue weighted by atomic mass is 32.2. The first kappa shape index (κ1) is 20.6. The fraction of sp³-hybridized carbons (Fsp3) is 0.476. The number of rotatable bonds is 4. The predicted molar refractivity (Wildman–Crippen MR) is 114 cm³/mol. The average Bonchev–Trinajstić information content (AvgIpc) is 3.17. The Morgan fingerprint density at radius 1 is 1.10 bits per heavy atom. The molecule has 2 aromatic rings. The number of nitrogens with two attached hydrogens (primary N) is 1. The lowest BCUT2D eigenvalue weighted by Gasteiger charge is -2.27. The lowest BCUT2D eigenvalue weighted by atomic mass is 9.86. The quantitative estimate of drug-likeness (QED) is 0.768. The van der Waals surface area contributed by atoms with Gasteiger partial charge >= 0.3 is 6.09 Å². The highest BCUT2D eigenvalue weighted by Crippen LogP contribution is 2.29. The van der Waals surface area contributed by atoms with Gasteiger partial charge in [-0.1, -0.05) is 0 Å². The van der Waals surface area contributed by atoms with Crippen molar-refractivity contribution in [1.29, 1.82) is 0 Å². The number of primary amides is 1. The van der Waals surface area contributed by atoms with Crippen molar-refractivity contribution in [3.8, 4) is 0 Å². The minimum atomic E-state index is -0.770. The normalized spacial score (nSPS) is 21.9. The molecule has 0 spiro atoms. The Hall–Kier alpha value is -2.68. The summed E-state index contributed by atoms with van der Waals surface area (Å²) in [5, 5.41) is 3.73. The van der Waals surface area contributed by atoms with E-state index < -0.39 is 6.09 Å². The van der Waals surface area contributed by atoms with Gasteiger partial charge in [-0.2, -0.15) is 11.8 Å². The van der Waals surface area contributed by atoms with E-state index in [0.717, 1.165) is 30.0 Å². The Balaban J connectivity index is 1.38. The second-order valence-electron chi connectivity index (χ2n) is 7.67. The molecule has 1 saturated heterocycles. The van der Waals surface area contributed by atoms with E-state index >= 15 is 0 Å². The highest BCUT2D eigenvalue weighted by molar-refractivity contribution is 7.99. The third-order valence-electron chi connectivity index (χ3n) is 5.62. The zero-order chi connectivity index (χ0) is 21.1. The van der Waals surface area contributed by atoms with E-state index in [1.54, 1.807) is 18.2 Å². The van der Waals surface area contributed by atoms with Crippen LogP contribution in [0.4, 0.5) is 10.5 Å². The van der Waals surface area contributed by atoms with Crippen molar-refractivity contribution >= 4 is 46.3 Å². The molecular weight excluding hydrogens is 406 g/mol. The van der Waals surface area contributed by atoms with Crippen LogP contribution in [0.25, 0.3) is 11.0 Å². The van der Waals surface area contributed by atoms with Crippen LogP contribution in [0.1, 0.15) is 36.2 Å². The summed E-state index contributed by atoms with van der Waals surface area (Å²) in [6.07, 6.45) is 1.57. The van der Waals surface area contributed by atoms with Crippen molar-refractivity contribution in [1.82, 2.24) is 4.90 Å². The van der Waals surface area contributed by atoms with E-state index in [9.17, 15) is 14.4 Å². The SMILES string of the molecule is NC(=O)OC1CCC(C(=O)Nc2ccc3oc(C(=O)N4CCSCC4)cc3c2)CC1. The fourth-order valence-corrected chi connectivity index (χ4v) is 4.90. The van der Waals surface area contributed by atoms with Gasteiger partial charge in [-0.15, -0.1) is 0 Å². The molecule has 2 aliphatic rings. The molecule has 0 bridgehead atoms. The van der Waals surface area contributed by atoms with E-state index in [4.69, 9.17) is 14.9 Å². The van der Waals surface area contributed by atoms with Crippen molar-refractivity contribution in [2.75, 3.05) is 29.9 Å². The Bertz CT molecular complexity index is 945. The number of benzene rings is 1. The summed E-state index contributed by atoms with van der Waals surface area (Å²) in [7, 11) is 0. The fourth-order valence-electron chi connectivity index (χ4n) is 4.00. The zero-order valence-corrected chi connectivity index (χ0v) is 17.4. The standard InChI is InChI=1S/C21H25N3O5S/c22-21(27)28-16-4-1-13(2-5-16)19(25)23-15-3-6-17-14(11-15)12-18(29-17)20(26)24-7-9-30-10-8-24/h3,6,11-13,16H,1-2,4-5,7-10H2,(H2,22,27)(H,23,25).